The summed E-state index contributed by atoms with van der Waals surface area (Å²) in [6.07, 6.45) is 1.22. The van der Waals surface area contributed by atoms with E-state index in [0.29, 0.717) is 0 Å². The molecule has 1 aliphatic heterocycles. The summed E-state index contributed by atoms with van der Waals surface area (Å²) in [6, 6.07) is 0. The van der Waals surface area contributed by atoms with E-state index in [-0.39, 0.29) is 29.4 Å². The van der Waals surface area contributed by atoms with Gasteiger partial charge >= 0.3 is 0 Å². The van der Waals surface area contributed by atoms with Gasteiger partial charge in [-0.15, -0.1) is 35.3 Å². The minimum absolute atomic E-state index is 0. The molecule has 1 aromatic rings. The second kappa shape index (κ2) is 9.46. The van der Waals surface area contributed by atoms with Gasteiger partial charge in [0.2, 0.25) is 0 Å². The fourth-order valence-electron chi connectivity index (χ4n) is 2.38. The highest BCUT2D eigenvalue weighted by Gasteiger charge is 2.22. The molecule has 1 unspecified atom stereocenters. The number of guanidine groups is 1. The lowest BCUT2D eigenvalue weighted by Gasteiger charge is -2.34. The van der Waals surface area contributed by atoms with E-state index in [0.717, 1.165) is 35.9 Å². The molecule has 1 saturated heterocycles. The van der Waals surface area contributed by atoms with Crippen LogP contribution in [0.4, 0.5) is 0 Å². The average molecular weight is 468 g/mol. The van der Waals surface area contributed by atoms with Crippen LogP contribution in [0.1, 0.15) is 44.8 Å². The molecule has 1 aliphatic rings. The summed E-state index contributed by atoms with van der Waals surface area (Å²) in [7, 11) is 1.87. The van der Waals surface area contributed by atoms with Gasteiger partial charge < -0.3 is 10.2 Å². The minimum atomic E-state index is 0. The molecule has 0 spiro atoms. The van der Waals surface area contributed by atoms with Crippen molar-refractivity contribution in [2.45, 2.75) is 51.3 Å². The Kier molecular flexibility index (Phi) is 8.65. The van der Waals surface area contributed by atoms with Crippen molar-refractivity contribution in [3.63, 3.8) is 0 Å². The van der Waals surface area contributed by atoms with E-state index >= 15 is 0 Å². The van der Waals surface area contributed by atoms with Gasteiger partial charge in [0.05, 0.1) is 12.2 Å². The van der Waals surface area contributed by atoms with Crippen molar-refractivity contribution in [2.24, 2.45) is 4.99 Å². The molecular weight excluding hydrogens is 439 g/mol. The summed E-state index contributed by atoms with van der Waals surface area (Å²) in [5.41, 5.74) is 1.29. The predicted octanol–water partition coefficient (Wildman–Crippen LogP) is 3.96. The molecule has 1 fully saturated rings. The number of nitrogens with zero attached hydrogens (tertiary/aromatic N) is 3. The maximum Gasteiger partial charge on any atom is 0.194 e. The molecule has 0 bridgehead atoms. The lowest BCUT2D eigenvalue weighted by Crippen LogP contribution is -2.47. The third-order valence-corrected chi connectivity index (χ3v) is 6.04. The number of nitrogens with one attached hydrogen (secondary N) is 1. The molecule has 4 nitrogen and oxygen atoms in total. The second-order valence-corrected chi connectivity index (χ2v) is 8.98. The van der Waals surface area contributed by atoms with E-state index in [1.54, 1.807) is 11.3 Å². The molecule has 23 heavy (non-hydrogen) atoms. The lowest BCUT2D eigenvalue weighted by molar-refractivity contribution is 0.408. The SMILES string of the molecule is CCC1CN(C(=NC)NCc2nc(C(C)(C)C)cs2)CCS1.I. The maximum absolute atomic E-state index is 4.74. The van der Waals surface area contributed by atoms with Crippen molar-refractivity contribution in [2.75, 3.05) is 25.9 Å². The number of hydrogen-bond acceptors (Lipinski definition) is 4. The molecule has 1 N–H and O–H groups in total. The third-order valence-electron chi connectivity index (χ3n) is 3.82. The van der Waals surface area contributed by atoms with Crippen molar-refractivity contribution in [3.05, 3.63) is 16.1 Å². The van der Waals surface area contributed by atoms with Gasteiger partial charge in [0.25, 0.3) is 0 Å². The molecule has 0 aromatic carbocycles. The Morgan fingerprint density at radius 1 is 1.48 bits per heavy atom. The van der Waals surface area contributed by atoms with Gasteiger partial charge in [-0.25, -0.2) is 4.98 Å². The first-order valence-electron chi connectivity index (χ1n) is 7.96. The highest BCUT2D eigenvalue weighted by atomic mass is 127. The Bertz CT molecular complexity index is 510. The molecule has 1 aromatic heterocycles. The van der Waals surface area contributed by atoms with Crippen molar-refractivity contribution < 1.29 is 0 Å². The van der Waals surface area contributed by atoms with Crippen LogP contribution in [-0.4, -0.2) is 47.0 Å². The van der Waals surface area contributed by atoms with E-state index < -0.39 is 0 Å². The van der Waals surface area contributed by atoms with Crippen molar-refractivity contribution in [3.8, 4) is 0 Å². The molecule has 0 amide bonds. The number of rotatable bonds is 3. The van der Waals surface area contributed by atoms with Crippen molar-refractivity contribution in [1.82, 2.24) is 15.2 Å². The van der Waals surface area contributed by atoms with Crippen molar-refractivity contribution >= 4 is 53.0 Å². The van der Waals surface area contributed by atoms with Crippen LogP contribution in [0.5, 0.6) is 0 Å². The standard InChI is InChI=1S/C16H28N4S2.HI/c1-6-12-10-20(7-8-21-12)15(17-5)18-9-14-19-13(11-22-14)16(2,3)4;/h11-12H,6-10H2,1-5H3,(H,17,18);1H. The van der Waals surface area contributed by atoms with E-state index in [2.05, 4.69) is 60.0 Å². The van der Waals surface area contributed by atoms with E-state index in [9.17, 15) is 0 Å². The summed E-state index contributed by atoms with van der Waals surface area (Å²) >= 11 is 3.81. The van der Waals surface area contributed by atoms with Gasteiger partial charge in [-0.3, -0.25) is 4.99 Å². The van der Waals surface area contributed by atoms with Crippen LogP contribution >= 0.6 is 47.1 Å². The number of hydrogen-bond donors (Lipinski definition) is 1. The summed E-state index contributed by atoms with van der Waals surface area (Å²) in [5.74, 6) is 2.19. The second-order valence-electron chi connectivity index (χ2n) is 6.62. The predicted molar refractivity (Wildman–Crippen MR) is 115 cm³/mol. The largest absolute Gasteiger partial charge is 0.350 e. The average Bonchev–Trinajstić information content (AvgIpc) is 2.97. The van der Waals surface area contributed by atoms with Crippen LogP contribution in [0.25, 0.3) is 0 Å². The molecule has 7 heteroatoms. The molecule has 0 saturated carbocycles. The van der Waals surface area contributed by atoms with Gasteiger partial charge in [0.1, 0.15) is 5.01 Å². The molecule has 132 valence electrons. The summed E-state index contributed by atoms with van der Waals surface area (Å²) < 4.78 is 0. The topological polar surface area (TPSA) is 40.5 Å². The first kappa shape index (κ1) is 21.0. The Morgan fingerprint density at radius 3 is 2.78 bits per heavy atom. The zero-order valence-corrected chi connectivity index (χ0v) is 18.7. The number of thiazole rings is 1. The zero-order valence-electron chi connectivity index (χ0n) is 14.8. The van der Waals surface area contributed by atoms with Crippen LogP contribution in [0, 0.1) is 0 Å². The van der Waals surface area contributed by atoms with Gasteiger partial charge in [-0.05, 0) is 6.42 Å². The van der Waals surface area contributed by atoms with E-state index in [4.69, 9.17) is 4.98 Å². The molecule has 2 heterocycles. The quantitative estimate of drug-likeness (QED) is 0.414. The number of halogens is 1. The lowest BCUT2D eigenvalue weighted by atomic mass is 9.93. The smallest absolute Gasteiger partial charge is 0.194 e. The molecule has 1 atom stereocenters. The Morgan fingerprint density at radius 2 is 2.22 bits per heavy atom. The third kappa shape index (κ3) is 6.08. The number of aliphatic imine (C=N–C) groups is 1. The van der Waals surface area contributed by atoms with Gasteiger partial charge in [-0.2, -0.15) is 11.8 Å². The first-order valence-corrected chi connectivity index (χ1v) is 9.89. The molecule has 0 aliphatic carbocycles. The zero-order chi connectivity index (χ0) is 16.2. The maximum atomic E-state index is 4.74. The highest BCUT2D eigenvalue weighted by Crippen LogP contribution is 2.24. The van der Waals surface area contributed by atoms with E-state index in [1.165, 1.54) is 17.9 Å². The fourth-order valence-corrected chi connectivity index (χ4v) is 4.52. The number of aromatic nitrogens is 1. The summed E-state index contributed by atoms with van der Waals surface area (Å²) in [4.78, 5) is 11.6. The Hall–Kier alpha value is -0.0200. The molecule has 2 rings (SSSR count). The fraction of sp³-hybridized carbons (Fsp3) is 0.750. The van der Waals surface area contributed by atoms with Crippen LogP contribution in [0.15, 0.2) is 10.4 Å². The molecule has 0 radical (unpaired) electrons. The Balaban J connectivity index is 0.00000264. The van der Waals surface area contributed by atoms with Crippen LogP contribution in [0.3, 0.4) is 0 Å². The van der Waals surface area contributed by atoms with Crippen LogP contribution in [0.2, 0.25) is 0 Å². The van der Waals surface area contributed by atoms with Crippen LogP contribution < -0.4 is 5.32 Å². The monoisotopic (exact) mass is 468 g/mol. The highest BCUT2D eigenvalue weighted by molar-refractivity contribution is 14.0. The van der Waals surface area contributed by atoms with E-state index in [1.807, 2.05) is 7.05 Å². The van der Waals surface area contributed by atoms with Crippen molar-refractivity contribution in [1.29, 1.82) is 0 Å². The molecular formula is C16H29IN4S2. The number of thioether (sulfide) groups is 1. The summed E-state index contributed by atoms with van der Waals surface area (Å²) in [5, 5.41) is 7.50. The van der Waals surface area contributed by atoms with Gasteiger partial charge in [-0.1, -0.05) is 27.7 Å². The normalized spacial score (nSPS) is 19.4. The van der Waals surface area contributed by atoms with Gasteiger partial charge in [0.15, 0.2) is 5.96 Å². The summed E-state index contributed by atoms with van der Waals surface area (Å²) in [6.45, 7) is 11.8. The van der Waals surface area contributed by atoms with Crippen LogP contribution in [-0.2, 0) is 12.0 Å². The Labute approximate surface area is 166 Å². The first-order chi connectivity index (χ1) is 10.4. The van der Waals surface area contributed by atoms with Gasteiger partial charge in [0, 0.05) is 41.9 Å². The minimum Gasteiger partial charge on any atom is -0.350 e.